The van der Waals surface area contributed by atoms with Crippen LogP contribution in [-0.4, -0.2) is 41.0 Å². The zero-order valence-corrected chi connectivity index (χ0v) is 11.0. The first kappa shape index (κ1) is 14.1. The zero-order chi connectivity index (χ0) is 11.0. The highest BCUT2D eigenvalue weighted by Gasteiger charge is 2.37. The first-order chi connectivity index (χ1) is 6.64. The summed E-state index contributed by atoms with van der Waals surface area (Å²) in [6.45, 7) is 1.85. The van der Waals surface area contributed by atoms with E-state index in [-0.39, 0.29) is 5.12 Å². The second-order valence-corrected chi connectivity index (χ2v) is 6.86. The topological polar surface area (TPSA) is 44.8 Å². The molecule has 0 unspecified atom stereocenters. The Morgan fingerprint density at radius 2 is 1.71 bits per heavy atom. The van der Waals surface area contributed by atoms with Gasteiger partial charge in [-0.25, -0.2) is 0 Å². The molecule has 0 radical (unpaired) electrons. The Morgan fingerprint density at radius 1 is 1.21 bits per heavy atom. The van der Waals surface area contributed by atoms with Gasteiger partial charge in [-0.1, -0.05) is 18.7 Å². The van der Waals surface area contributed by atoms with Crippen LogP contribution in [0.5, 0.6) is 0 Å². The molecule has 0 fully saturated rings. The zero-order valence-electron chi connectivity index (χ0n) is 9.16. The Kier molecular flexibility index (Phi) is 7.48. The van der Waals surface area contributed by atoms with Gasteiger partial charge in [-0.3, -0.25) is 4.79 Å². The van der Waals surface area contributed by atoms with E-state index in [0.29, 0.717) is 18.2 Å². The lowest BCUT2D eigenvalue weighted by atomic mass is 10.6. The lowest BCUT2D eigenvalue weighted by Gasteiger charge is -2.23. The van der Waals surface area contributed by atoms with Gasteiger partial charge in [-0.05, 0) is 0 Å². The number of hydrogen-bond donors (Lipinski definition) is 0. The fourth-order valence-electron chi connectivity index (χ4n) is 0.948. The molecular formula is C8H18O4SSi. The lowest BCUT2D eigenvalue weighted by Crippen LogP contribution is -2.43. The van der Waals surface area contributed by atoms with Crippen molar-refractivity contribution in [1.29, 1.82) is 0 Å². The molecule has 0 aromatic rings. The van der Waals surface area contributed by atoms with E-state index in [9.17, 15) is 4.79 Å². The Labute approximate surface area is 90.7 Å². The molecule has 84 valence electrons. The van der Waals surface area contributed by atoms with E-state index in [1.165, 1.54) is 11.8 Å². The SMILES string of the molecule is CCC(=O)SCC[Si](OC)(OC)OC. The van der Waals surface area contributed by atoms with Crippen LogP contribution in [0.4, 0.5) is 0 Å². The van der Waals surface area contributed by atoms with Crippen LogP contribution in [0.2, 0.25) is 6.04 Å². The molecule has 0 aliphatic heterocycles. The molecular weight excluding hydrogens is 220 g/mol. The van der Waals surface area contributed by atoms with Crippen molar-refractivity contribution in [2.45, 2.75) is 19.4 Å². The molecule has 4 nitrogen and oxygen atoms in total. The molecule has 0 atom stereocenters. The summed E-state index contributed by atoms with van der Waals surface area (Å²) in [6.07, 6.45) is 0.562. The van der Waals surface area contributed by atoms with Crippen molar-refractivity contribution in [3.63, 3.8) is 0 Å². The van der Waals surface area contributed by atoms with Crippen LogP contribution in [0, 0.1) is 0 Å². The van der Waals surface area contributed by atoms with Crippen molar-refractivity contribution >= 4 is 25.7 Å². The molecule has 0 bridgehead atoms. The molecule has 0 aromatic heterocycles. The van der Waals surface area contributed by atoms with E-state index < -0.39 is 8.80 Å². The van der Waals surface area contributed by atoms with E-state index in [0.717, 1.165) is 0 Å². The summed E-state index contributed by atoms with van der Waals surface area (Å²) in [5.74, 6) is 0.689. The maximum absolute atomic E-state index is 11.0. The van der Waals surface area contributed by atoms with Crippen molar-refractivity contribution in [1.82, 2.24) is 0 Å². The van der Waals surface area contributed by atoms with Crippen LogP contribution < -0.4 is 0 Å². The van der Waals surface area contributed by atoms with Crippen LogP contribution in [0.1, 0.15) is 13.3 Å². The normalized spacial score (nSPS) is 11.7. The first-order valence-corrected chi connectivity index (χ1v) is 7.37. The van der Waals surface area contributed by atoms with Crippen LogP contribution in [0.15, 0.2) is 0 Å². The minimum absolute atomic E-state index is 0.191. The van der Waals surface area contributed by atoms with Gasteiger partial charge in [0, 0.05) is 39.5 Å². The summed E-state index contributed by atoms with van der Waals surface area (Å²) < 4.78 is 15.7. The predicted molar refractivity (Wildman–Crippen MR) is 59.3 cm³/mol. The van der Waals surface area contributed by atoms with Crippen LogP contribution in [0.3, 0.4) is 0 Å². The largest absolute Gasteiger partial charge is 0.500 e. The fraction of sp³-hybridized carbons (Fsp3) is 0.875. The Balaban J connectivity index is 3.88. The molecule has 0 rings (SSSR count). The highest BCUT2D eigenvalue weighted by Crippen LogP contribution is 2.17. The van der Waals surface area contributed by atoms with Gasteiger partial charge in [-0.2, -0.15) is 0 Å². The van der Waals surface area contributed by atoms with E-state index in [2.05, 4.69) is 0 Å². The maximum atomic E-state index is 11.0. The molecule has 0 N–H and O–H groups in total. The van der Waals surface area contributed by atoms with E-state index in [1.807, 2.05) is 6.92 Å². The highest BCUT2D eigenvalue weighted by molar-refractivity contribution is 8.13. The molecule has 0 heterocycles. The van der Waals surface area contributed by atoms with Gasteiger partial charge in [0.15, 0.2) is 5.12 Å². The Bertz CT molecular complexity index is 164. The number of hydrogen-bond acceptors (Lipinski definition) is 5. The molecule has 0 spiro atoms. The molecule has 0 aromatic carbocycles. The first-order valence-electron chi connectivity index (χ1n) is 4.45. The number of carbonyl (C=O) groups is 1. The van der Waals surface area contributed by atoms with Gasteiger partial charge in [0.25, 0.3) is 0 Å². The molecule has 6 heteroatoms. The maximum Gasteiger partial charge on any atom is 0.500 e. The van der Waals surface area contributed by atoms with Crippen molar-refractivity contribution in [2.75, 3.05) is 27.1 Å². The molecule has 0 saturated heterocycles. The average molecular weight is 238 g/mol. The third-order valence-corrected chi connectivity index (χ3v) is 6.00. The second kappa shape index (κ2) is 7.41. The average Bonchev–Trinajstić information content (AvgIpc) is 2.25. The van der Waals surface area contributed by atoms with Gasteiger partial charge < -0.3 is 13.3 Å². The van der Waals surface area contributed by atoms with Crippen molar-refractivity contribution in [3.8, 4) is 0 Å². The van der Waals surface area contributed by atoms with Gasteiger partial charge in [0.2, 0.25) is 0 Å². The van der Waals surface area contributed by atoms with E-state index in [4.69, 9.17) is 13.3 Å². The molecule has 14 heavy (non-hydrogen) atoms. The quantitative estimate of drug-likeness (QED) is 0.629. The van der Waals surface area contributed by atoms with E-state index in [1.54, 1.807) is 21.3 Å². The molecule has 0 amide bonds. The summed E-state index contributed by atoms with van der Waals surface area (Å²) in [4.78, 5) is 11.0. The second-order valence-electron chi connectivity index (χ2n) is 2.62. The van der Waals surface area contributed by atoms with Gasteiger partial charge in [0.1, 0.15) is 0 Å². The molecule has 0 aliphatic carbocycles. The highest BCUT2D eigenvalue weighted by atomic mass is 32.2. The van der Waals surface area contributed by atoms with Gasteiger partial charge in [-0.15, -0.1) is 0 Å². The van der Waals surface area contributed by atoms with Crippen LogP contribution >= 0.6 is 11.8 Å². The summed E-state index contributed by atoms with van der Waals surface area (Å²) in [7, 11) is 2.25. The van der Waals surface area contributed by atoms with Crippen molar-refractivity contribution in [2.24, 2.45) is 0 Å². The summed E-state index contributed by atoms with van der Waals surface area (Å²) >= 11 is 1.31. The summed E-state index contributed by atoms with van der Waals surface area (Å²) in [5.41, 5.74) is 0. The third-order valence-electron chi connectivity index (χ3n) is 1.89. The monoisotopic (exact) mass is 238 g/mol. The molecule has 0 aliphatic rings. The van der Waals surface area contributed by atoms with Crippen molar-refractivity contribution < 1.29 is 18.1 Å². The van der Waals surface area contributed by atoms with Crippen LogP contribution in [-0.2, 0) is 18.1 Å². The lowest BCUT2D eigenvalue weighted by molar-refractivity contribution is -0.110. The third kappa shape index (κ3) is 4.56. The van der Waals surface area contributed by atoms with Crippen LogP contribution in [0.25, 0.3) is 0 Å². The fourth-order valence-corrected chi connectivity index (χ4v) is 3.90. The minimum atomic E-state index is -2.47. The smallest absolute Gasteiger partial charge is 0.377 e. The number of carbonyl (C=O) groups excluding carboxylic acids is 1. The summed E-state index contributed by atoms with van der Waals surface area (Å²) in [5, 5.41) is 0.191. The predicted octanol–water partition coefficient (Wildman–Crippen LogP) is 1.53. The summed E-state index contributed by atoms with van der Waals surface area (Å²) in [6, 6.07) is 0.660. The Morgan fingerprint density at radius 3 is 2.07 bits per heavy atom. The van der Waals surface area contributed by atoms with E-state index >= 15 is 0 Å². The molecule has 0 saturated carbocycles. The van der Waals surface area contributed by atoms with Gasteiger partial charge in [0.05, 0.1) is 0 Å². The minimum Gasteiger partial charge on any atom is -0.377 e. The Hall–Kier alpha value is 0.117. The number of thioether (sulfide) groups is 1. The standard InChI is InChI=1S/C8H18O4SSi/c1-5-8(9)13-6-7-14(10-2,11-3)12-4/h5-7H2,1-4H3. The number of rotatable bonds is 7. The van der Waals surface area contributed by atoms with Crippen molar-refractivity contribution in [3.05, 3.63) is 0 Å². The van der Waals surface area contributed by atoms with Gasteiger partial charge >= 0.3 is 8.80 Å².